The van der Waals surface area contributed by atoms with Gasteiger partial charge in [0.15, 0.2) is 0 Å². The molecule has 0 aliphatic carbocycles. The first-order valence-electron chi connectivity index (χ1n) is 4.73. The van der Waals surface area contributed by atoms with Crippen LogP contribution in [0.4, 0.5) is 5.69 Å². The number of carbonyl (C=O) groups excluding carboxylic acids is 1. The van der Waals surface area contributed by atoms with Crippen molar-refractivity contribution in [3.63, 3.8) is 0 Å². The molecule has 0 N–H and O–H groups in total. The maximum Gasteiger partial charge on any atom is 0.331 e. The first-order chi connectivity index (χ1) is 7.99. The van der Waals surface area contributed by atoms with Gasteiger partial charge in [0, 0.05) is 18.2 Å². The molecule has 0 atom stereocenters. The van der Waals surface area contributed by atoms with Gasteiger partial charge >= 0.3 is 5.97 Å². The van der Waals surface area contributed by atoms with E-state index in [1.165, 1.54) is 18.2 Å². The van der Waals surface area contributed by atoms with E-state index in [-0.39, 0.29) is 12.3 Å². The van der Waals surface area contributed by atoms with Gasteiger partial charge in [0.05, 0.1) is 4.92 Å². The van der Waals surface area contributed by atoms with Crippen LogP contribution in [0.5, 0.6) is 0 Å². The highest BCUT2D eigenvalue weighted by Crippen LogP contribution is 2.12. The Morgan fingerprint density at radius 2 is 2.06 bits per heavy atom. The summed E-state index contributed by atoms with van der Waals surface area (Å²) in [5.74, 6) is -0.460. The van der Waals surface area contributed by atoms with Crippen molar-refractivity contribution in [3.8, 4) is 0 Å². The number of halogens is 1. The Morgan fingerprint density at radius 3 is 2.53 bits per heavy atom. The SMILES string of the molecule is CC(Br)=CC(=O)OCc1ccc([N+](=O)[O-])cc1. The molecule has 0 aromatic heterocycles. The number of non-ortho nitro benzene ring substituents is 1. The van der Waals surface area contributed by atoms with Crippen molar-refractivity contribution in [2.24, 2.45) is 0 Å². The molecule has 0 heterocycles. The second-order valence-electron chi connectivity index (χ2n) is 3.26. The third-order valence-electron chi connectivity index (χ3n) is 1.84. The lowest BCUT2D eigenvalue weighted by atomic mass is 10.2. The number of nitro benzene ring substituents is 1. The average Bonchev–Trinajstić information content (AvgIpc) is 2.26. The lowest BCUT2D eigenvalue weighted by Gasteiger charge is -2.02. The molecule has 90 valence electrons. The number of carbonyl (C=O) groups is 1. The predicted molar refractivity (Wildman–Crippen MR) is 65.6 cm³/mol. The topological polar surface area (TPSA) is 69.4 Å². The van der Waals surface area contributed by atoms with E-state index in [9.17, 15) is 14.9 Å². The summed E-state index contributed by atoms with van der Waals surface area (Å²) in [5, 5.41) is 10.4. The predicted octanol–water partition coefficient (Wildman–Crippen LogP) is 2.94. The molecule has 1 rings (SSSR count). The van der Waals surface area contributed by atoms with Gasteiger partial charge in [-0.3, -0.25) is 10.1 Å². The molecule has 0 amide bonds. The maximum absolute atomic E-state index is 11.2. The Kier molecular flexibility index (Phi) is 4.84. The Morgan fingerprint density at radius 1 is 1.47 bits per heavy atom. The van der Waals surface area contributed by atoms with Crippen LogP contribution in [0.15, 0.2) is 34.8 Å². The van der Waals surface area contributed by atoms with Crippen molar-refractivity contribution >= 4 is 27.6 Å². The second kappa shape index (κ2) is 6.15. The summed E-state index contributed by atoms with van der Waals surface area (Å²) in [6.45, 7) is 1.81. The molecule has 6 heteroatoms. The number of rotatable bonds is 4. The molecule has 0 fully saturated rings. The van der Waals surface area contributed by atoms with E-state index < -0.39 is 10.9 Å². The standard InChI is InChI=1S/C11H10BrNO4/c1-8(12)6-11(14)17-7-9-2-4-10(5-3-9)13(15)16/h2-6H,7H2,1H3. The smallest absolute Gasteiger partial charge is 0.331 e. The molecular weight excluding hydrogens is 290 g/mol. The van der Waals surface area contributed by atoms with Crippen LogP contribution in [0.2, 0.25) is 0 Å². The highest BCUT2D eigenvalue weighted by atomic mass is 79.9. The Balaban J connectivity index is 2.56. The Labute approximate surface area is 106 Å². The number of benzene rings is 1. The third-order valence-corrected chi connectivity index (χ3v) is 2.07. The summed E-state index contributed by atoms with van der Waals surface area (Å²) in [6, 6.07) is 5.84. The zero-order valence-corrected chi connectivity index (χ0v) is 10.6. The van der Waals surface area contributed by atoms with Crippen LogP contribution in [0.25, 0.3) is 0 Å². The molecule has 0 saturated carbocycles. The molecule has 17 heavy (non-hydrogen) atoms. The van der Waals surface area contributed by atoms with E-state index in [1.807, 2.05) is 0 Å². The first kappa shape index (κ1) is 13.4. The number of esters is 1. The van der Waals surface area contributed by atoms with Gasteiger partial charge in [-0.15, -0.1) is 0 Å². The number of allylic oxidation sites excluding steroid dienone is 1. The van der Waals surface area contributed by atoms with E-state index in [4.69, 9.17) is 4.74 Å². The molecule has 5 nitrogen and oxygen atoms in total. The van der Waals surface area contributed by atoms with Crippen LogP contribution in [0.3, 0.4) is 0 Å². The number of ether oxygens (including phenoxy) is 1. The molecule has 0 saturated heterocycles. The number of hydrogen-bond acceptors (Lipinski definition) is 4. The van der Waals surface area contributed by atoms with Crippen molar-refractivity contribution in [1.82, 2.24) is 0 Å². The summed E-state index contributed by atoms with van der Waals surface area (Å²) in [5.41, 5.74) is 0.709. The fourth-order valence-electron chi connectivity index (χ4n) is 1.07. The third kappa shape index (κ3) is 4.78. The lowest BCUT2D eigenvalue weighted by molar-refractivity contribution is -0.384. The molecule has 0 radical (unpaired) electrons. The summed E-state index contributed by atoms with van der Waals surface area (Å²) < 4.78 is 5.60. The molecular formula is C11H10BrNO4. The normalized spacial score (nSPS) is 11.1. The van der Waals surface area contributed by atoms with E-state index >= 15 is 0 Å². The van der Waals surface area contributed by atoms with Crippen molar-refractivity contribution in [3.05, 3.63) is 50.5 Å². The highest BCUT2D eigenvalue weighted by molar-refractivity contribution is 9.11. The minimum absolute atomic E-state index is 0.0104. The molecule has 0 unspecified atom stereocenters. The lowest BCUT2D eigenvalue weighted by Crippen LogP contribution is -2.01. The quantitative estimate of drug-likeness (QED) is 0.371. The van der Waals surface area contributed by atoms with Crippen LogP contribution in [0.1, 0.15) is 12.5 Å². The largest absolute Gasteiger partial charge is 0.458 e. The summed E-state index contributed by atoms with van der Waals surface area (Å²) in [4.78, 5) is 21.1. The van der Waals surface area contributed by atoms with E-state index in [0.29, 0.717) is 10.0 Å². The van der Waals surface area contributed by atoms with Crippen LogP contribution >= 0.6 is 15.9 Å². The monoisotopic (exact) mass is 299 g/mol. The first-order valence-corrected chi connectivity index (χ1v) is 5.52. The number of nitrogens with zero attached hydrogens (tertiary/aromatic N) is 1. The zero-order chi connectivity index (χ0) is 12.8. The fourth-order valence-corrected chi connectivity index (χ4v) is 1.26. The number of hydrogen-bond donors (Lipinski definition) is 0. The fraction of sp³-hybridized carbons (Fsp3) is 0.182. The molecule has 1 aromatic rings. The maximum atomic E-state index is 11.2. The molecule has 0 bridgehead atoms. The van der Waals surface area contributed by atoms with E-state index in [2.05, 4.69) is 15.9 Å². The van der Waals surface area contributed by atoms with Gasteiger partial charge in [-0.2, -0.15) is 0 Å². The van der Waals surface area contributed by atoms with Crippen LogP contribution in [-0.2, 0) is 16.1 Å². The zero-order valence-electron chi connectivity index (χ0n) is 9.05. The van der Waals surface area contributed by atoms with Crippen molar-refractivity contribution in [2.45, 2.75) is 13.5 Å². The van der Waals surface area contributed by atoms with Crippen LogP contribution in [-0.4, -0.2) is 10.9 Å². The minimum Gasteiger partial charge on any atom is -0.458 e. The van der Waals surface area contributed by atoms with Gasteiger partial charge < -0.3 is 4.74 Å². The second-order valence-corrected chi connectivity index (χ2v) is 4.51. The molecule has 0 spiro atoms. The van der Waals surface area contributed by atoms with E-state index in [1.54, 1.807) is 19.1 Å². The molecule has 0 aliphatic heterocycles. The number of nitro groups is 1. The van der Waals surface area contributed by atoms with Gasteiger partial charge in [0.1, 0.15) is 6.61 Å². The van der Waals surface area contributed by atoms with Gasteiger partial charge in [-0.1, -0.05) is 15.9 Å². The molecule has 0 aliphatic rings. The van der Waals surface area contributed by atoms with Crippen molar-refractivity contribution < 1.29 is 14.5 Å². The van der Waals surface area contributed by atoms with Crippen molar-refractivity contribution in [1.29, 1.82) is 0 Å². The highest BCUT2D eigenvalue weighted by Gasteiger charge is 2.05. The molecule has 1 aromatic carbocycles. The van der Waals surface area contributed by atoms with Gasteiger partial charge in [-0.05, 0) is 29.1 Å². The minimum atomic E-state index is -0.479. The van der Waals surface area contributed by atoms with Gasteiger partial charge in [0.25, 0.3) is 5.69 Å². The summed E-state index contributed by atoms with van der Waals surface area (Å²) >= 11 is 3.11. The van der Waals surface area contributed by atoms with Gasteiger partial charge in [-0.25, -0.2) is 4.79 Å². The summed E-state index contributed by atoms with van der Waals surface area (Å²) in [6.07, 6.45) is 1.31. The van der Waals surface area contributed by atoms with Crippen LogP contribution < -0.4 is 0 Å². The Bertz CT molecular complexity index is 449. The van der Waals surface area contributed by atoms with Gasteiger partial charge in [0.2, 0.25) is 0 Å². The van der Waals surface area contributed by atoms with E-state index in [0.717, 1.165) is 0 Å². The Hall–Kier alpha value is -1.69. The van der Waals surface area contributed by atoms with Crippen molar-refractivity contribution in [2.75, 3.05) is 0 Å². The summed E-state index contributed by atoms with van der Waals surface area (Å²) in [7, 11) is 0. The van der Waals surface area contributed by atoms with Crippen LogP contribution in [0, 0.1) is 10.1 Å². The average molecular weight is 300 g/mol.